The number of nitrogens with zero attached hydrogens (tertiary/aromatic N) is 2. The van der Waals surface area contributed by atoms with Crippen molar-refractivity contribution in [2.45, 2.75) is 26.1 Å². The number of rotatable bonds is 3. The standard InChI is InChI=1S/C10H17N3O2/c1-8-6-13(2-3-14-8)7-10-4-9(5-11)12-15-10/h4,8H,2-3,5-7,11H2,1H3. The Labute approximate surface area is 89.2 Å². The average molecular weight is 211 g/mol. The van der Waals surface area contributed by atoms with Crippen LogP contribution in [0.3, 0.4) is 0 Å². The summed E-state index contributed by atoms with van der Waals surface area (Å²) in [4.78, 5) is 2.30. The third-order valence-corrected chi connectivity index (χ3v) is 2.52. The molecule has 2 rings (SSSR count). The fraction of sp³-hybridized carbons (Fsp3) is 0.700. The van der Waals surface area contributed by atoms with Gasteiger partial charge in [0.25, 0.3) is 0 Å². The summed E-state index contributed by atoms with van der Waals surface area (Å²) in [6, 6.07) is 1.92. The Balaban J connectivity index is 1.90. The predicted octanol–water partition coefficient (Wildman–Crippen LogP) is 0.354. The van der Waals surface area contributed by atoms with E-state index in [1.54, 1.807) is 0 Å². The highest BCUT2D eigenvalue weighted by molar-refractivity contribution is 5.04. The van der Waals surface area contributed by atoms with Gasteiger partial charge < -0.3 is 15.0 Å². The molecule has 0 amide bonds. The molecule has 1 aliphatic rings. The number of hydrogen-bond acceptors (Lipinski definition) is 5. The minimum atomic E-state index is 0.302. The molecule has 1 unspecified atom stereocenters. The molecule has 5 heteroatoms. The molecule has 2 N–H and O–H groups in total. The number of nitrogens with two attached hydrogens (primary N) is 1. The normalized spacial score (nSPS) is 23.2. The van der Waals surface area contributed by atoms with Gasteiger partial charge in [-0.3, -0.25) is 4.90 Å². The highest BCUT2D eigenvalue weighted by Crippen LogP contribution is 2.11. The van der Waals surface area contributed by atoms with Gasteiger partial charge in [-0.25, -0.2) is 0 Å². The van der Waals surface area contributed by atoms with Gasteiger partial charge in [0.15, 0.2) is 5.76 Å². The lowest BCUT2D eigenvalue weighted by Crippen LogP contribution is -2.40. The summed E-state index contributed by atoms with van der Waals surface area (Å²) >= 11 is 0. The van der Waals surface area contributed by atoms with E-state index in [1.807, 2.05) is 6.07 Å². The summed E-state index contributed by atoms with van der Waals surface area (Å²) < 4.78 is 10.6. The van der Waals surface area contributed by atoms with Crippen molar-refractivity contribution in [1.29, 1.82) is 0 Å². The zero-order valence-electron chi connectivity index (χ0n) is 8.98. The zero-order chi connectivity index (χ0) is 10.7. The van der Waals surface area contributed by atoms with E-state index in [0.717, 1.165) is 37.7 Å². The first kappa shape index (κ1) is 10.6. The Morgan fingerprint density at radius 1 is 1.67 bits per heavy atom. The van der Waals surface area contributed by atoms with Crippen molar-refractivity contribution in [3.8, 4) is 0 Å². The predicted molar refractivity (Wildman–Crippen MR) is 55.1 cm³/mol. The van der Waals surface area contributed by atoms with Crippen LogP contribution in [0.2, 0.25) is 0 Å². The van der Waals surface area contributed by atoms with Crippen LogP contribution >= 0.6 is 0 Å². The van der Waals surface area contributed by atoms with E-state index >= 15 is 0 Å². The maximum absolute atomic E-state index is 5.46. The molecule has 1 saturated heterocycles. The van der Waals surface area contributed by atoms with Gasteiger partial charge in [-0.1, -0.05) is 5.16 Å². The van der Waals surface area contributed by atoms with Crippen LogP contribution in [0.5, 0.6) is 0 Å². The first-order valence-electron chi connectivity index (χ1n) is 5.26. The quantitative estimate of drug-likeness (QED) is 0.781. The second kappa shape index (κ2) is 4.74. The van der Waals surface area contributed by atoms with Crippen LogP contribution in [-0.2, 0) is 17.8 Å². The van der Waals surface area contributed by atoms with Crippen molar-refractivity contribution in [3.63, 3.8) is 0 Å². The lowest BCUT2D eigenvalue weighted by atomic mass is 10.3. The first-order chi connectivity index (χ1) is 7.28. The molecule has 0 bridgehead atoms. The molecule has 1 aliphatic heterocycles. The van der Waals surface area contributed by atoms with E-state index in [2.05, 4.69) is 17.0 Å². The summed E-state index contributed by atoms with van der Waals surface area (Å²) in [5.74, 6) is 0.879. The second-order valence-corrected chi connectivity index (χ2v) is 3.91. The van der Waals surface area contributed by atoms with E-state index in [4.69, 9.17) is 15.0 Å². The zero-order valence-corrected chi connectivity index (χ0v) is 8.98. The van der Waals surface area contributed by atoms with Gasteiger partial charge in [-0.2, -0.15) is 0 Å². The van der Waals surface area contributed by atoms with E-state index in [-0.39, 0.29) is 0 Å². The van der Waals surface area contributed by atoms with Crippen molar-refractivity contribution < 1.29 is 9.26 Å². The summed E-state index contributed by atoms with van der Waals surface area (Å²) in [6.07, 6.45) is 0.302. The molecule has 84 valence electrons. The SMILES string of the molecule is CC1CN(Cc2cc(CN)no2)CCO1. The lowest BCUT2D eigenvalue weighted by Gasteiger charge is -2.30. The smallest absolute Gasteiger partial charge is 0.151 e. The number of hydrogen-bond donors (Lipinski definition) is 1. The van der Waals surface area contributed by atoms with Crippen molar-refractivity contribution >= 4 is 0 Å². The fourth-order valence-corrected chi connectivity index (χ4v) is 1.78. The maximum atomic E-state index is 5.46. The van der Waals surface area contributed by atoms with Gasteiger partial charge in [-0.15, -0.1) is 0 Å². The van der Waals surface area contributed by atoms with Crippen molar-refractivity contribution in [1.82, 2.24) is 10.1 Å². The summed E-state index contributed by atoms with van der Waals surface area (Å²) in [5.41, 5.74) is 6.27. The number of morpholine rings is 1. The molecule has 0 radical (unpaired) electrons. The number of aromatic nitrogens is 1. The summed E-state index contributed by atoms with van der Waals surface area (Å²) in [5, 5.41) is 3.86. The largest absolute Gasteiger partial charge is 0.376 e. The van der Waals surface area contributed by atoms with E-state index in [0.29, 0.717) is 12.6 Å². The number of ether oxygens (including phenoxy) is 1. The highest BCUT2D eigenvalue weighted by Gasteiger charge is 2.18. The molecule has 5 nitrogen and oxygen atoms in total. The fourth-order valence-electron chi connectivity index (χ4n) is 1.78. The van der Waals surface area contributed by atoms with Crippen LogP contribution in [-0.4, -0.2) is 35.9 Å². The molecule has 0 spiro atoms. The summed E-state index contributed by atoms with van der Waals surface area (Å²) in [7, 11) is 0. The molecular formula is C10H17N3O2. The third kappa shape index (κ3) is 2.77. The van der Waals surface area contributed by atoms with Gasteiger partial charge in [0.05, 0.1) is 24.9 Å². The van der Waals surface area contributed by atoms with Gasteiger partial charge >= 0.3 is 0 Å². The molecule has 2 heterocycles. The van der Waals surface area contributed by atoms with Crippen LogP contribution in [0, 0.1) is 0 Å². The Hall–Kier alpha value is -0.910. The second-order valence-electron chi connectivity index (χ2n) is 3.91. The van der Waals surface area contributed by atoms with Crippen molar-refractivity contribution in [2.75, 3.05) is 19.7 Å². The van der Waals surface area contributed by atoms with Gasteiger partial charge in [0.2, 0.25) is 0 Å². The molecular weight excluding hydrogens is 194 g/mol. The monoisotopic (exact) mass is 211 g/mol. The molecule has 1 aromatic heterocycles. The van der Waals surface area contributed by atoms with Crippen LogP contribution in [0.4, 0.5) is 0 Å². The van der Waals surface area contributed by atoms with Crippen LogP contribution in [0.25, 0.3) is 0 Å². The van der Waals surface area contributed by atoms with Crippen molar-refractivity contribution in [2.24, 2.45) is 5.73 Å². The molecule has 1 aromatic rings. The minimum absolute atomic E-state index is 0.302. The van der Waals surface area contributed by atoms with Gasteiger partial charge in [-0.05, 0) is 6.92 Å². The molecule has 0 aromatic carbocycles. The van der Waals surface area contributed by atoms with Gasteiger partial charge in [0, 0.05) is 25.7 Å². The first-order valence-corrected chi connectivity index (χ1v) is 5.26. The van der Waals surface area contributed by atoms with E-state index in [1.165, 1.54) is 0 Å². The topological polar surface area (TPSA) is 64.5 Å². The lowest BCUT2D eigenvalue weighted by molar-refractivity contribution is -0.0235. The summed E-state index contributed by atoms with van der Waals surface area (Å²) in [6.45, 7) is 5.99. The minimum Gasteiger partial charge on any atom is -0.376 e. The average Bonchev–Trinajstić information content (AvgIpc) is 2.65. The molecule has 0 aliphatic carbocycles. The van der Waals surface area contributed by atoms with E-state index in [9.17, 15) is 0 Å². The third-order valence-electron chi connectivity index (χ3n) is 2.52. The Kier molecular flexibility index (Phi) is 3.35. The molecule has 15 heavy (non-hydrogen) atoms. The van der Waals surface area contributed by atoms with Crippen molar-refractivity contribution in [3.05, 3.63) is 17.5 Å². The Morgan fingerprint density at radius 2 is 2.53 bits per heavy atom. The molecule has 0 saturated carbocycles. The van der Waals surface area contributed by atoms with Crippen LogP contribution in [0.1, 0.15) is 18.4 Å². The maximum Gasteiger partial charge on any atom is 0.151 e. The Bertz CT molecular complexity index is 313. The van der Waals surface area contributed by atoms with Crippen LogP contribution in [0.15, 0.2) is 10.6 Å². The van der Waals surface area contributed by atoms with Crippen LogP contribution < -0.4 is 5.73 Å². The molecule has 1 fully saturated rings. The highest BCUT2D eigenvalue weighted by atomic mass is 16.5. The Morgan fingerprint density at radius 3 is 3.20 bits per heavy atom. The van der Waals surface area contributed by atoms with Gasteiger partial charge in [0.1, 0.15) is 0 Å². The van der Waals surface area contributed by atoms with E-state index < -0.39 is 0 Å². The molecule has 1 atom stereocenters.